The topological polar surface area (TPSA) is 63.2 Å². The number of nitrogens with zero attached hydrogens (tertiary/aromatic N) is 1. The van der Waals surface area contributed by atoms with Crippen molar-refractivity contribution in [1.82, 2.24) is 15.6 Å². The van der Waals surface area contributed by atoms with Gasteiger partial charge in [-0.1, -0.05) is 6.07 Å². The second kappa shape index (κ2) is 6.32. The number of carbonyl (C=O) groups is 1. The minimum atomic E-state index is -0.349. The van der Waals surface area contributed by atoms with E-state index in [1.54, 1.807) is 6.20 Å². The Balaban J connectivity index is 1.69. The summed E-state index contributed by atoms with van der Waals surface area (Å²) in [7, 11) is 0. The molecule has 0 radical (unpaired) electrons. The molecule has 1 atom stereocenters. The average Bonchev–Trinajstić information content (AvgIpc) is 2.41. The average molecular weight is 235 g/mol. The molecule has 2 N–H and O–H groups in total. The molecule has 17 heavy (non-hydrogen) atoms. The van der Waals surface area contributed by atoms with E-state index in [1.807, 2.05) is 18.3 Å². The van der Waals surface area contributed by atoms with Crippen LogP contribution in [0.3, 0.4) is 0 Å². The molecule has 0 spiro atoms. The molecule has 2 heterocycles. The van der Waals surface area contributed by atoms with E-state index in [2.05, 4.69) is 15.6 Å². The lowest BCUT2D eigenvalue weighted by atomic mass is 10.2. The lowest BCUT2D eigenvalue weighted by molar-refractivity contribution is -0.134. The van der Waals surface area contributed by atoms with Crippen LogP contribution in [0.4, 0.5) is 0 Å². The van der Waals surface area contributed by atoms with Crippen LogP contribution in [0, 0.1) is 0 Å². The van der Waals surface area contributed by atoms with E-state index in [0.29, 0.717) is 19.7 Å². The van der Waals surface area contributed by atoms with Crippen LogP contribution in [-0.2, 0) is 16.0 Å². The predicted molar refractivity (Wildman–Crippen MR) is 63.6 cm³/mol. The zero-order valence-corrected chi connectivity index (χ0v) is 9.69. The van der Waals surface area contributed by atoms with Crippen LogP contribution >= 0.6 is 0 Å². The first-order valence-corrected chi connectivity index (χ1v) is 5.85. The molecule has 1 aliphatic heterocycles. The molecule has 1 fully saturated rings. The van der Waals surface area contributed by atoms with Gasteiger partial charge in [0, 0.05) is 32.0 Å². The van der Waals surface area contributed by atoms with Crippen LogP contribution in [0.1, 0.15) is 5.56 Å². The van der Waals surface area contributed by atoms with Crippen molar-refractivity contribution in [1.29, 1.82) is 0 Å². The van der Waals surface area contributed by atoms with Gasteiger partial charge in [0.15, 0.2) is 0 Å². The Morgan fingerprint density at radius 1 is 1.65 bits per heavy atom. The summed E-state index contributed by atoms with van der Waals surface area (Å²) in [6.07, 6.45) is 3.99. The Labute approximate surface area is 101 Å². The van der Waals surface area contributed by atoms with Gasteiger partial charge < -0.3 is 15.4 Å². The van der Waals surface area contributed by atoms with Crippen molar-refractivity contribution in [2.75, 3.05) is 26.2 Å². The molecule has 1 amide bonds. The van der Waals surface area contributed by atoms with Gasteiger partial charge in [0.1, 0.15) is 6.10 Å². The van der Waals surface area contributed by atoms with Crippen LogP contribution < -0.4 is 10.6 Å². The molecular weight excluding hydrogens is 218 g/mol. The first kappa shape index (κ1) is 12.0. The van der Waals surface area contributed by atoms with Gasteiger partial charge in [0.2, 0.25) is 5.91 Å². The van der Waals surface area contributed by atoms with Crippen LogP contribution in [0.2, 0.25) is 0 Å². The minimum Gasteiger partial charge on any atom is -0.366 e. The molecule has 1 aromatic heterocycles. The van der Waals surface area contributed by atoms with Crippen molar-refractivity contribution in [3.63, 3.8) is 0 Å². The number of morpholine rings is 1. The highest BCUT2D eigenvalue weighted by molar-refractivity contribution is 5.81. The second-order valence-electron chi connectivity index (χ2n) is 3.97. The predicted octanol–water partition coefficient (Wildman–Crippen LogP) is -0.271. The maximum absolute atomic E-state index is 11.7. The van der Waals surface area contributed by atoms with Gasteiger partial charge >= 0.3 is 0 Å². The SMILES string of the molecule is O=C(NCCc1cccnc1)C1CNCCO1. The highest BCUT2D eigenvalue weighted by atomic mass is 16.5. The molecule has 0 aromatic carbocycles. The lowest BCUT2D eigenvalue weighted by Crippen LogP contribution is -2.48. The number of aromatic nitrogens is 1. The first-order chi connectivity index (χ1) is 8.36. The number of carbonyl (C=O) groups excluding carboxylic acids is 1. The second-order valence-corrected chi connectivity index (χ2v) is 3.97. The summed E-state index contributed by atoms with van der Waals surface area (Å²) < 4.78 is 5.36. The molecule has 0 saturated carbocycles. The Bertz CT molecular complexity index is 350. The third-order valence-corrected chi connectivity index (χ3v) is 2.66. The molecule has 1 saturated heterocycles. The zero-order valence-electron chi connectivity index (χ0n) is 9.69. The van der Waals surface area contributed by atoms with Crippen LogP contribution in [0.5, 0.6) is 0 Å². The number of ether oxygens (including phenoxy) is 1. The van der Waals surface area contributed by atoms with Crippen molar-refractivity contribution < 1.29 is 9.53 Å². The van der Waals surface area contributed by atoms with E-state index in [9.17, 15) is 4.79 Å². The molecule has 5 nitrogen and oxygen atoms in total. The van der Waals surface area contributed by atoms with Crippen molar-refractivity contribution in [3.8, 4) is 0 Å². The quantitative estimate of drug-likeness (QED) is 0.754. The Morgan fingerprint density at radius 2 is 2.59 bits per heavy atom. The van der Waals surface area contributed by atoms with Crippen molar-refractivity contribution in [2.45, 2.75) is 12.5 Å². The summed E-state index contributed by atoms with van der Waals surface area (Å²) in [6.45, 7) is 2.63. The number of hydrogen-bond acceptors (Lipinski definition) is 4. The van der Waals surface area contributed by atoms with Gasteiger partial charge in [-0.15, -0.1) is 0 Å². The van der Waals surface area contributed by atoms with Crippen LogP contribution in [0.15, 0.2) is 24.5 Å². The van der Waals surface area contributed by atoms with Gasteiger partial charge in [-0.3, -0.25) is 9.78 Å². The summed E-state index contributed by atoms with van der Waals surface area (Å²) in [6, 6.07) is 3.89. The number of pyridine rings is 1. The minimum absolute atomic E-state index is 0.0407. The van der Waals surface area contributed by atoms with Crippen molar-refractivity contribution >= 4 is 5.91 Å². The fourth-order valence-electron chi connectivity index (χ4n) is 1.72. The lowest BCUT2D eigenvalue weighted by Gasteiger charge is -2.22. The summed E-state index contributed by atoms with van der Waals surface area (Å²) in [4.78, 5) is 15.7. The van der Waals surface area contributed by atoms with Crippen molar-refractivity contribution in [2.24, 2.45) is 0 Å². The Kier molecular flexibility index (Phi) is 4.46. The molecular formula is C12H17N3O2. The van der Waals surface area contributed by atoms with Crippen LogP contribution in [-0.4, -0.2) is 43.2 Å². The van der Waals surface area contributed by atoms with E-state index < -0.39 is 0 Å². The molecule has 0 bridgehead atoms. The Hall–Kier alpha value is -1.46. The molecule has 1 aromatic rings. The van der Waals surface area contributed by atoms with Gasteiger partial charge in [-0.2, -0.15) is 0 Å². The van der Waals surface area contributed by atoms with Crippen LogP contribution in [0.25, 0.3) is 0 Å². The van der Waals surface area contributed by atoms with Crippen molar-refractivity contribution in [3.05, 3.63) is 30.1 Å². The van der Waals surface area contributed by atoms with E-state index in [-0.39, 0.29) is 12.0 Å². The molecule has 1 aliphatic rings. The maximum Gasteiger partial charge on any atom is 0.250 e. The van der Waals surface area contributed by atoms with Gasteiger partial charge in [0.25, 0.3) is 0 Å². The number of amides is 1. The normalized spacial score (nSPS) is 19.9. The Morgan fingerprint density at radius 3 is 3.29 bits per heavy atom. The smallest absolute Gasteiger partial charge is 0.250 e. The van der Waals surface area contributed by atoms with Gasteiger partial charge in [0.05, 0.1) is 6.61 Å². The fraction of sp³-hybridized carbons (Fsp3) is 0.500. The summed E-state index contributed by atoms with van der Waals surface area (Å²) >= 11 is 0. The van der Waals surface area contributed by atoms with E-state index in [0.717, 1.165) is 18.5 Å². The number of rotatable bonds is 4. The molecule has 5 heteroatoms. The molecule has 0 aliphatic carbocycles. The third-order valence-electron chi connectivity index (χ3n) is 2.66. The fourth-order valence-corrected chi connectivity index (χ4v) is 1.72. The summed E-state index contributed by atoms with van der Waals surface area (Å²) in [5.74, 6) is -0.0407. The van der Waals surface area contributed by atoms with E-state index >= 15 is 0 Å². The summed E-state index contributed by atoms with van der Waals surface area (Å²) in [5.41, 5.74) is 1.12. The molecule has 2 rings (SSSR count). The summed E-state index contributed by atoms with van der Waals surface area (Å²) in [5, 5.41) is 6.00. The monoisotopic (exact) mass is 235 g/mol. The molecule has 92 valence electrons. The molecule has 1 unspecified atom stereocenters. The van der Waals surface area contributed by atoms with Gasteiger partial charge in [-0.05, 0) is 18.1 Å². The van der Waals surface area contributed by atoms with E-state index in [1.165, 1.54) is 0 Å². The third kappa shape index (κ3) is 3.80. The highest BCUT2D eigenvalue weighted by Crippen LogP contribution is 1.98. The standard InChI is InChI=1S/C12H17N3O2/c16-12(11-9-14-6-7-17-11)15-5-3-10-2-1-4-13-8-10/h1-2,4,8,11,14H,3,5-7,9H2,(H,15,16). The van der Waals surface area contributed by atoms with E-state index in [4.69, 9.17) is 4.74 Å². The number of nitrogens with one attached hydrogen (secondary N) is 2. The maximum atomic E-state index is 11.7. The van der Waals surface area contributed by atoms with Gasteiger partial charge in [-0.25, -0.2) is 0 Å². The largest absolute Gasteiger partial charge is 0.366 e. The first-order valence-electron chi connectivity index (χ1n) is 5.85. The zero-order chi connectivity index (χ0) is 11.9. The number of hydrogen-bond donors (Lipinski definition) is 2. The highest BCUT2D eigenvalue weighted by Gasteiger charge is 2.20.